The number of aliphatic hydroxyl groups is 1. The van der Waals surface area contributed by atoms with Crippen LogP contribution in [-0.4, -0.2) is 33.8 Å². The number of anilines is 1. The third-order valence-corrected chi connectivity index (χ3v) is 5.83. The molecule has 2 aliphatic carbocycles. The van der Waals surface area contributed by atoms with Crippen molar-refractivity contribution in [1.29, 1.82) is 0 Å². The SMILES string of the molecule is OC12CCCCC1CN(c1ncnc3c1CCCC3)CC2. The fourth-order valence-electron chi connectivity index (χ4n) is 4.54. The fourth-order valence-corrected chi connectivity index (χ4v) is 4.54. The third kappa shape index (κ3) is 2.33. The number of rotatable bonds is 1. The van der Waals surface area contributed by atoms with Gasteiger partial charge in [-0.15, -0.1) is 0 Å². The summed E-state index contributed by atoms with van der Waals surface area (Å²) >= 11 is 0. The molecule has 2 unspecified atom stereocenters. The minimum Gasteiger partial charge on any atom is -0.389 e. The molecule has 3 aliphatic rings. The molecule has 21 heavy (non-hydrogen) atoms. The van der Waals surface area contributed by atoms with Crippen molar-refractivity contribution < 1.29 is 5.11 Å². The first kappa shape index (κ1) is 13.5. The van der Waals surface area contributed by atoms with E-state index in [2.05, 4.69) is 14.9 Å². The Morgan fingerprint density at radius 2 is 2.00 bits per heavy atom. The number of fused-ring (bicyclic) bond motifs is 2. The zero-order valence-corrected chi connectivity index (χ0v) is 12.7. The van der Waals surface area contributed by atoms with E-state index in [1.165, 1.54) is 43.4 Å². The van der Waals surface area contributed by atoms with Crippen molar-refractivity contribution in [3.8, 4) is 0 Å². The molecule has 4 rings (SSSR count). The van der Waals surface area contributed by atoms with Crippen LogP contribution in [0, 0.1) is 5.92 Å². The lowest BCUT2D eigenvalue weighted by molar-refractivity contribution is -0.0613. The lowest BCUT2D eigenvalue weighted by Gasteiger charge is -2.48. The van der Waals surface area contributed by atoms with Crippen molar-refractivity contribution in [3.05, 3.63) is 17.6 Å². The van der Waals surface area contributed by atoms with Crippen LogP contribution in [0.1, 0.15) is 56.2 Å². The van der Waals surface area contributed by atoms with E-state index in [9.17, 15) is 5.11 Å². The molecule has 1 saturated heterocycles. The van der Waals surface area contributed by atoms with E-state index in [-0.39, 0.29) is 0 Å². The summed E-state index contributed by atoms with van der Waals surface area (Å²) in [4.78, 5) is 11.5. The molecule has 1 N–H and O–H groups in total. The number of hydrogen-bond acceptors (Lipinski definition) is 4. The molecule has 1 saturated carbocycles. The lowest BCUT2D eigenvalue weighted by atomic mass is 9.71. The Labute approximate surface area is 126 Å². The molecular formula is C17H25N3O. The molecule has 1 aliphatic heterocycles. The highest BCUT2D eigenvalue weighted by atomic mass is 16.3. The maximum Gasteiger partial charge on any atom is 0.135 e. The highest BCUT2D eigenvalue weighted by Gasteiger charge is 2.43. The Kier molecular flexibility index (Phi) is 3.37. The maximum atomic E-state index is 10.8. The van der Waals surface area contributed by atoms with Crippen LogP contribution in [0.4, 0.5) is 5.82 Å². The standard InChI is InChI=1S/C17H25N3O/c21-17-8-4-3-5-13(17)11-20(10-9-17)16-14-6-1-2-7-15(14)18-12-19-16/h12-13,21H,1-11H2. The summed E-state index contributed by atoms with van der Waals surface area (Å²) in [6.07, 6.45) is 12.0. The van der Waals surface area contributed by atoms with Crippen molar-refractivity contribution in [2.24, 2.45) is 5.92 Å². The van der Waals surface area contributed by atoms with Gasteiger partial charge in [0, 0.05) is 30.3 Å². The van der Waals surface area contributed by atoms with Crippen molar-refractivity contribution in [3.63, 3.8) is 0 Å². The zero-order valence-electron chi connectivity index (χ0n) is 12.7. The molecule has 4 nitrogen and oxygen atoms in total. The topological polar surface area (TPSA) is 49.2 Å². The molecule has 1 aromatic heterocycles. The second kappa shape index (κ2) is 5.24. The lowest BCUT2D eigenvalue weighted by Crippen LogP contribution is -2.53. The average molecular weight is 287 g/mol. The predicted molar refractivity (Wildman–Crippen MR) is 82.4 cm³/mol. The highest BCUT2D eigenvalue weighted by Crippen LogP contribution is 2.41. The molecule has 0 aromatic carbocycles. The van der Waals surface area contributed by atoms with E-state index in [0.29, 0.717) is 5.92 Å². The molecule has 2 atom stereocenters. The number of nitrogens with zero attached hydrogens (tertiary/aromatic N) is 3. The summed E-state index contributed by atoms with van der Waals surface area (Å²) in [7, 11) is 0. The average Bonchev–Trinajstić information content (AvgIpc) is 2.53. The van der Waals surface area contributed by atoms with Crippen molar-refractivity contribution in [2.45, 2.75) is 63.4 Å². The Morgan fingerprint density at radius 3 is 2.95 bits per heavy atom. The van der Waals surface area contributed by atoms with E-state index in [4.69, 9.17) is 0 Å². The first-order chi connectivity index (χ1) is 10.3. The molecule has 0 radical (unpaired) electrons. The van der Waals surface area contributed by atoms with Crippen LogP contribution in [0.15, 0.2) is 6.33 Å². The number of piperidine rings is 1. The van der Waals surface area contributed by atoms with Crippen LogP contribution in [-0.2, 0) is 12.8 Å². The van der Waals surface area contributed by atoms with Gasteiger partial charge in [0.15, 0.2) is 0 Å². The van der Waals surface area contributed by atoms with Crippen molar-refractivity contribution in [1.82, 2.24) is 9.97 Å². The molecule has 1 aromatic rings. The van der Waals surface area contributed by atoms with Gasteiger partial charge >= 0.3 is 0 Å². The number of aryl methyl sites for hydroxylation is 1. The fraction of sp³-hybridized carbons (Fsp3) is 0.765. The van der Waals surface area contributed by atoms with Crippen LogP contribution >= 0.6 is 0 Å². The predicted octanol–water partition coefficient (Wildman–Crippen LogP) is 2.49. The van der Waals surface area contributed by atoms with Gasteiger partial charge in [-0.3, -0.25) is 0 Å². The second-order valence-electron chi connectivity index (χ2n) is 7.07. The molecule has 114 valence electrons. The molecule has 4 heteroatoms. The van der Waals surface area contributed by atoms with E-state index in [1.54, 1.807) is 6.33 Å². The Bertz CT molecular complexity index is 533. The molecule has 0 bridgehead atoms. The van der Waals surface area contributed by atoms with Gasteiger partial charge in [0.05, 0.1) is 5.60 Å². The van der Waals surface area contributed by atoms with Gasteiger partial charge in [0.2, 0.25) is 0 Å². The summed E-state index contributed by atoms with van der Waals surface area (Å²) in [5.41, 5.74) is 2.24. The Balaban J connectivity index is 1.60. The van der Waals surface area contributed by atoms with Crippen LogP contribution in [0.2, 0.25) is 0 Å². The molecule has 2 heterocycles. The van der Waals surface area contributed by atoms with Gasteiger partial charge < -0.3 is 10.0 Å². The van der Waals surface area contributed by atoms with Gasteiger partial charge in [-0.25, -0.2) is 9.97 Å². The summed E-state index contributed by atoms with van der Waals surface area (Å²) < 4.78 is 0. The summed E-state index contributed by atoms with van der Waals surface area (Å²) in [5, 5.41) is 10.8. The van der Waals surface area contributed by atoms with Crippen LogP contribution in [0.5, 0.6) is 0 Å². The first-order valence-corrected chi connectivity index (χ1v) is 8.56. The summed E-state index contributed by atoms with van der Waals surface area (Å²) in [6.45, 7) is 1.91. The smallest absolute Gasteiger partial charge is 0.135 e. The zero-order chi connectivity index (χ0) is 14.3. The van der Waals surface area contributed by atoms with Crippen LogP contribution in [0.25, 0.3) is 0 Å². The molecule has 2 fully saturated rings. The molecule has 0 spiro atoms. The Morgan fingerprint density at radius 1 is 1.10 bits per heavy atom. The summed E-state index contributed by atoms with van der Waals surface area (Å²) in [6, 6.07) is 0. The van der Waals surface area contributed by atoms with Gasteiger partial charge in [0.1, 0.15) is 12.1 Å². The van der Waals surface area contributed by atoms with E-state index in [0.717, 1.165) is 44.6 Å². The van der Waals surface area contributed by atoms with E-state index in [1.807, 2.05) is 0 Å². The Hall–Kier alpha value is -1.16. The maximum absolute atomic E-state index is 10.8. The van der Waals surface area contributed by atoms with Crippen LogP contribution in [0.3, 0.4) is 0 Å². The second-order valence-corrected chi connectivity index (χ2v) is 7.07. The van der Waals surface area contributed by atoms with E-state index >= 15 is 0 Å². The quantitative estimate of drug-likeness (QED) is 0.862. The molecular weight excluding hydrogens is 262 g/mol. The molecule has 0 amide bonds. The first-order valence-electron chi connectivity index (χ1n) is 8.56. The van der Waals surface area contributed by atoms with Gasteiger partial charge in [-0.1, -0.05) is 12.8 Å². The minimum atomic E-state index is -0.401. The largest absolute Gasteiger partial charge is 0.389 e. The number of hydrogen-bond donors (Lipinski definition) is 1. The highest BCUT2D eigenvalue weighted by molar-refractivity contribution is 5.50. The van der Waals surface area contributed by atoms with Crippen molar-refractivity contribution in [2.75, 3.05) is 18.0 Å². The van der Waals surface area contributed by atoms with Crippen LogP contribution < -0.4 is 4.90 Å². The van der Waals surface area contributed by atoms with Crippen molar-refractivity contribution >= 4 is 5.82 Å². The monoisotopic (exact) mass is 287 g/mol. The van der Waals surface area contributed by atoms with Gasteiger partial charge in [-0.2, -0.15) is 0 Å². The minimum absolute atomic E-state index is 0.401. The normalized spacial score (nSPS) is 32.4. The summed E-state index contributed by atoms with van der Waals surface area (Å²) in [5.74, 6) is 1.58. The van der Waals surface area contributed by atoms with Gasteiger partial charge in [-0.05, 0) is 44.9 Å². The third-order valence-electron chi connectivity index (χ3n) is 5.83. The van der Waals surface area contributed by atoms with E-state index < -0.39 is 5.60 Å². The number of aromatic nitrogens is 2. The van der Waals surface area contributed by atoms with Gasteiger partial charge in [0.25, 0.3) is 0 Å².